The normalized spacial score (nSPS) is 10.9. The highest BCUT2D eigenvalue weighted by Gasteiger charge is 2.13. The average molecular weight is 462 g/mol. The maximum atomic E-state index is 12.5. The molecule has 9 heteroatoms. The van der Waals surface area contributed by atoms with E-state index in [1.165, 1.54) is 27.4 Å². The minimum absolute atomic E-state index is 0.322. The van der Waals surface area contributed by atoms with Crippen molar-refractivity contribution in [1.29, 1.82) is 0 Å². The van der Waals surface area contributed by atoms with Crippen LogP contribution in [0.15, 0.2) is 48.7 Å². The van der Waals surface area contributed by atoms with Crippen LogP contribution in [0.3, 0.4) is 0 Å². The zero-order valence-corrected chi connectivity index (χ0v) is 18.7. The minimum Gasteiger partial charge on any atom is -0.493 e. The Bertz CT molecular complexity index is 1090. The summed E-state index contributed by atoms with van der Waals surface area (Å²) in [4.78, 5) is 12.5. The van der Waals surface area contributed by atoms with Crippen LogP contribution in [0, 0.1) is 0 Å². The second-order valence-electron chi connectivity index (χ2n) is 6.39. The molecule has 1 heterocycles. The summed E-state index contributed by atoms with van der Waals surface area (Å²) in [5.74, 6) is 1.69. The Labute approximate surface area is 190 Å². The highest BCUT2D eigenvalue weighted by atomic mass is 35.5. The van der Waals surface area contributed by atoms with Crippen LogP contribution < -0.4 is 19.5 Å². The second kappa shape index (κ2) is 10.2. The molecule has 0 aliphatic heterocycles. The summed E-state index contributed by atoms with van der Waals surface area (Å²) in [6, 6.07) is 10.4. The summed E-state index contributed by atoms with van der Waals surface area (Å²) < 4.78 is 17.6. The van der Waals surface area contributed by atoms with E-state index in [9.17, 15) is 4.79 Å². The molecule has 2 aromatic carbocycles. The van der Waals surface area contributed by atoms with E-state index in [1.54, 1.807) is 47.3 Å². The number of nitrogens with zero attached hydrogens (tertiary/aromatic N) is 2. The summed E-state index contributed by atoms with van der Waals surface area (Å²) in [7, 11) is 4.60. The first-order chi connectivity index (χ1) is 14.9. The molecule has 31 heavy (non-hydrogen) atoms. The smallest absolute Gasteiger partial charge is 0.249 e. The zero-order valence-electron chi connectivity index (χ0n) is 17.2. The molecule has 0 fully saturated rings. The van der Waals surface area contributed by atoms with Crippen LogP contribution in [0.1, 0.15) is 11.1 Å². The Morgan fingerprint density at radius 3 is 2.39 bits per heavy atom. The SMILES string of the molecule is COc1cc(/C=C/C(=O)Nc2ccnn2Cc2ccc(Cl)cc2Cl)cc(OC)c1OC. The number of aromatic nitrogens is 2. The lowest BCUT2D eigenvalue weighted by Gasteiger charge is -2.12. The van der Waals surface area contributed by atoms with Gasteiger partial charge in [-0.3, -0.25) is 4.79 Å². The molecule has 1 aromatic heterocycles. The van der Waals surface area contributed by atoms with Crippen LogP contribution in [-0.2, 0) is 11.3 Å². The molecule has 0 aliphatic carbocycles. The van der Waals surface area contributed by atoms with E-state index in [0.717, 1.165) is 5.56 Å². The van der Waals surface area contributed by atoms with Crippen LogP contribution >= 0.6 is 23.2 Å². The number of carbonyl (C=O) groups excluding carboxylic acids is 1. The van der Waals surface area contributed by atoms with E-state index in [0.29, 0.717) is 45.2 Å². The number of halogens is 2. The van der Waals surface area contributed by atoms with E-state index < -0.39 is 0 Å². The van der Waals surface area contributed by atoms with Gasteiger partial charge in [-0.1, -0.05) is 29.3 Å². The fourth-order valence-corrected chi connectivity index (χ4v) is 3.38. The van der Waals surface area contributed by atoms with Crippen molar-refractivity contribution < 1.29 is 19.0 Å². The summed E-state index contributed by atoms with van der Waals surface area (Å²) in [5, 5.41) is 8.15. The van der Waals surface area contributed by atoms with Crippen LogP contribution in [0.5, 0.6) is 17.2 Å². The molecule has 0 saturated carbocycles. The number of hydrogen-bond donors (Lipinski definition) is 1. The van der Waals surface area contributed by atoms with Crippen molar-refractivity contribution in [3.63, 3.8) is 0 Å². The van der Waals surface area contributed by atoms with Gasteiger partial charge in [-0.15, -0.1) is 0 Å². The molecule has 1 amide bonds. The molecule has 0 atom stereocenters. The molecule has 162 valence electrons. The summed E-state index contributed by atoms with van der Waals surface area (Å²) in [6.45, 7) is 0.384. The van der Waals surface area contributed by atoms with Gasteiger partial charge in [0.2, 0.25) is 11.7 Å². The van der Waals surface area contributed by atoms with Gasteiger partial charge in [0.1, 0.15) is 5.82 Å². The predicted octanol–water partition coefficient (Wildman–Crippen LogP) is 4.92. The largest absolute Gasteiger partial charge is 0.493 e. The maximum absolute atomic E-state index is 12.5. The molecule has 0 radical (unpaired) electrons. The zero-order chi connectivity index (χ0) is 22.4. The fraction of sp³-hybridized carbons (Fsp3) is 0.182. The molecule has 0 saturated heterocycles. The Kier molecular flexibility index (Phi) is 7.44. The lowest BCUT2D eigenvalue weighted by Crippen LogP contribution is -2.14. The number of methoxy groups -OCH3 is 3. The van der Waals surface area contributed by atoms with E-state index in [-0.39, 0.29) is 5.91 Å². The summed E-state index contributed by atoms with van der Waals surface area (Å²) in [6.07, 6.45) is 4.66. The van der Waals surface area contributed by atoms with Gasteiger partial charge in [0, 0.05) is 22.2 Å². The van der Waals surface area contributed by atoms with Crippen molar-refractivity contribution >= 4 is 41.0 Å². The van der Waals surface area contributed by atoms with Crippen LogP contribution in [0.25, 0.3) is 6.08 Å². The Hall–Kier alpha value is -3.16. The average Bonchev–Trinajstić information content (AvgIpc) is 3.19. The molecule has 0 spiro atoms. The van der Waals surface area contributed by atoms with Crippen molar-refractivity contribution in [1.82, 2.24) is 9.78 Å². The van der Waals surface area contributed by atoms with Crippen molar-refractivity contribution in [2.75, 3.05) is 26.6 Å². The van der Waals surface area contributed by atoms with E-state index in [2.05, 4.69) is 10.4 Å². The number of rotatable bonds is 8. The summed E-state index contributed by atoms with van der Waals surface area (Å²) in [5.41, 5.74) is 1.55. The molecule has 7 nitrogen and oxygen atoms in total. The molecule has 0 bridgehead atoms. The van der Waals surface area contributed by atoms with Crippen LogP contribution in [0.2, 0.25) is 10.0 Å². The van der Waals surface area contributed by atoms with E-state index >= 15 is 0 Å². The standard InChI is InChI=1S/C22H21Cl2N3O4/c1-29-18-10-14(11-19(30-2)22(18)31-3)4-7-21(28)26-20-8-9-25-27(20)13-15-5-6-16(23)12-17(15)24/h4-12H,13H2,1-3H3,(H,26,28)/b7-4+. The number of carbonyl (C=O) groups is 1. The third-order valence-electron chi connectivity index (χ3n) is 4.42. The number of benzene rings is 2. The quantitative estimate of drug-likeness (QED) is 0.482. The lowest BCUT2D eigenvalue weighted by molar-refractivity contribution is -0.111. The molecule has 3 aromatic rings. The van der Waals surface area contributed by atoms with Gasteiger partial charge in [0.15, 0.2) is 11.5 Å². The monoisotopic (exact) mass is 461 g/mol. The molecule has 0 unspecified atom stereocenters. The maximum Gasteiger partial charge on any atom is 0.249 e. The first-order valence-electron chi connectivity index (χ1n) is 9.20. The Balaban J connectivity index is 1.73. The van der Waals surface area contributed by atoms with Crippen molar-refractivity contribution in [2.24, 2.45) is 0 Å². The minimum atomic E-state index is -0.322. The third kappa shape index (κ3) is 5.51. The first kappa shape index (κ1) is 22.5. The van der Waals surface area contributed by atoms with Crippen molar-refractivity contribution in [2.45, 2.75) is 6.54 Å². The molecule has 0 aliphatic rings. The number of amides is 1. The highest BCUT2D eigenvalue weighted by Crippen LogP contribution is 2.38. The third-order valence-corrected chi connectivity index (χ3v) is 5.00. The van der Waals surface area contributed by atoms with Gasteiger partial charge in [-0.2, -0.15) is 5.10 Å². The molecular formula is C22H21Cl2N3O4. The molecule has 3 rings (SSSR count). The van der Waals surface area contributed by atoms with Gasteiger partial charge in [0.25, 0.3) is 0 Å². The van der Waals surface area contributed by atoms with Crippen molar-refractivity contribution in [3.05, 3.63) is 69.8 Å². The Morgan fingerprint density at radius 2 is 1.77 bits per heavy atom. The number of ether oxygens (including phenoxy) is 3. The molecule has 1 N–H and O–H groups in total. The fourth-order valence-electron chi connectivity index (χ4n) is 2.91. The molecular weight excluding hydrogens is 441 g/mol. The van der Waals surface area contributed by atoms with Gasteiger partial charge < -0.3 is 19.5 Å². The van der Waals surface area contributed by atoms with Gasteiger partial charge >= 0.3 is 0 Å². The number of hydrogen-bond acceptors (Lipinski definition) is 5. The lowest BCUT2D eigenvalue weighted by atomic mass is 10.1. The Morgan fingerprint density at radius 1 is 1.06 bits per heavy atom. The van der Waals surface area contributed by atoms with Crippen LogP contribution in [0.4, 0.5) is 5.82 Å². The highest BCUT2D eigenvalue weighted by molar-refractivity contribution is 6.35. The number of anilines is 1. The summed E-state index contributed by atoms with van der Waals surface area (Å²) >= 11 is 12.2. The predicted molar refractivity (Wildman–Crippen MR) is 122 cm³/mol. The van der Waals surface area contributed by atoms with Gasteiger partial charge in [0.05, 0.1) is 34.1 Å². The topological polar surface area (TPSA) is 74.6 Å². The number of nitrogens with one attached hydrogen (secondary N) is 1. The van der Waals surface area contributed by atoms with Gasteiger partial charge in [-0.25, -0.2) is 4.68 Å². The van der Waals surface area contributed by atoms with E-state index in [1.807, 2.05) is 6.07 Å². The van der Waals surface area contributed by atoms with E-state index in [4.69, 9.17) is 37.4 Å². The van der Waals surface area contributed by atoms with Crippen molar-refractivity contribution in [3.8, 4) is 17.2 Å². The second-order valence-corrected chi connectivity index (χ2v) is 7.23. The first-order valence-corrected chi connectivity index (χ1v) is 9.95. The van der Waals surface area contributed by atoms with Crippen LogP contribution in [-0.4, -0.2) is 37.0 Å². The van der Waals surface area contributed by atoms with Gasteiger partial charge in [-0.05, 0) is 41.5 Å².